The first-order valence-corrected chi connectivity index (χ1v) is 5.53. The van der Waals surface area contributed by atoms with Crippen molar-refractivity contribution in [3.63, 3.8) is 0 Å². The van der Waals surface area contributed by atoms with E-state index in [1.54, 1.807) is 25.4 Å². The van der Waals surface area contributed by atoms with Crippen LogP contribution in [0.25, 0.3) is 0 Å². The van der Waals surface area contributed by atoms with E-state index in [0.717, 1.165) is 0 Å². The van der Waals surface area contributed by atoms with E-state index in [4.69, 9.17) is 9.84 Å². The average Bonchev–Trinajstić information content (AvgIpc) is 2.28. The minimum absolute atomic E-state index is 0.0618. The van der Waals surface area contributed by atoms with E-state index in [2.05, 4.69) is 4.98 Å². The predicted octanol–water partition coefficient (Wildman–Crippen LogP) is 0.141. The molecule has 0 spiro atoms. The van der Waals surface area contributed by atoms with Crippen LogP contribution < -0.4 is 0 Å². The number of aliphatic carboxylic acids is 1. The Balaban J connectivity index is 2.07. The summed E-state index contributed by atoms with van der Waals surface area (Å²) in [6.07, 6.45) is 1.63. The van der Waals surface area contributed by atoms with Gasteiger partial charge in [-0.1, -0.05) is 6.07 Å². The van der Waals surface area contributed by atoms with Gasteiger partial charge in [-0.3, -0.25) is 14.6 Å². The number of rotatable bonds is 4. The highest BCUT2D eigenvalue weighted by Gasteiger charge is 2.54. The molecule has 0 atom stereocenters. The van der Waals surface area contributed by atoms with Gasteiger partial charge in [-0.25, -0.2) is 0 Å². The second kappa shape index (κ2) is 4.73. The molecule has 1 aromatic heterocycles. The first-order valence-electron chi connectivity index (χ1n) is 5.53. The number of amides is 1. The van der Waals surface area contributed by atoms with Crippen LogP contribution in [-0.4, -0.2) is 47.1 Å². The van der Waals surface area contributed by atoms with E-state index in [1.807, 2.05) is 6.07 Å². The zero-order chi connectivity index (χ0) is 13.2. The third-order valence-electron chi connectivity index (χ3n) is 2.99. The van der Waals surface area contributed by atoms with Gasteiger partial charge in [0.05, 0.1) is 25.5 Å². The van der Waals surface area contributed by atoms with Gasteiger partial charge in [-0.15, -0.1) is 0 Å². The van der Waals surface area contributed by atoms with Crippen LogP contribution in [0.15, 0.2) is 24.4 Å². The summed E-state index contributed by atoms with van der Waals surface area (Å²) in [7, 11) is 1.57. The summed E-state index contributed by atoms with van der Waals surface area (Å²) in [5.74, 6) is -1.57. The number of carboxylic acids is 1. The van der Waals surface area contributed by atoms with Crippen molar-refractivity contribution in [2.75, 3.05) is 20.3 Å². The third kappa shape index (κ3) is 2.06. The molecule has 1 aromatic rings. The largest absolute Gasteiger partial charge is 0.480 e. The zero-order valence-electron chi connectivity index (χ0n) is 10.00. The van der Waals surface area contributed by atoms with Crippen LogP contribution in [0.2, 0.25) is 0 Å². The molecule has 2 heterocycles. The standard InChI is InChI=1S/C12H14N2O4/c1-14(6-9-4-2-3-5-13-9)10(15)12(11(16)17)7-18-8-12/h2-5H,6-8H2,1H3,(H,16,17). The van der Waals surface area contributed by atoms with Gasteiger partial charge in [0.15, 0.2) is 5.41 Å². The zero-order valence-corrected chi connectivity index (χ0v) is 10.00. The van der Waals surface area contributed by atoms with Crippen molar-refractivity contribution in [2.24, 2.45) is 5.41 Å². The van der Waals surface area contributed by atoms with Crippen LogP contribution in [0.1, 0.15) is 5.69 Å². The molecule has 0 radical (unpaired) electrons. The Hall–Kier alpha value is -1.95. The highest BCUT2D eigenvalue weighted by atomic mass is 16.5. The first kappa shape index (κ1) is 12.5. The van der Waals surface area contributed by atoms with Crippen LogP contribution in [0.5, 0.6) is 0 Å². The van der Waals surface area contributed by atoms with Crippen molar-refractivity contribution < 1.29 is 19.4 Å². The first-order chi connectivity index (χ1) is 8.56. The summed E-state index contributed by atoms with van der Waals surface area (Å²) in [5, 5.41) is 9.13. The van der Waals surface area contributed by atoms with Gasteiger partial charge in [0, 0.05) is 13.2 Å². The van der Waals surface area contributed by atoms with E-state index in [0.29, 0.717) is 5.69 Å². The van der Waals surface area contributed by atoms with Crippen LogP contribution in [0.4, 0.5) is 0 Å². The Morgan fingerprint density at radius 2 is 2.22 bits per heavy atom. The fourth-order valence-corrected chi connectivity index (χ4v) is 1.82. The molecule has 0 bridgehead atoms. The highest BCUT2D eigenvalue weighted by molar-refractivity contribution is 6.03. The van der Waals surface area contributed by atoms with Crippen molar-refractivity contribution in [3.05, 3.63) is 30.1 Å². The Labute approximate surface area is 104 Å². The molecule has 1 saturated heterocycles. The molecule has 1 aliphatic rings. The maximum Gasteiger partial charge on any atom is 0.324 e. The molecule has 18 heavy (non-hydrogen) atoms. The summed E-state index contributed by atoms with van der Waals surface area (Å²) in [6.45, 7) is 0.163. The van der Waals surface area contributed by atoms with Crippen molar-refractivity contribution in [2.45, 2.75) is 6.54 Å². The van der Waals surface area contributed by atoms with E-state index < -0.39 is 17.3 Å². The number of carboxylic acid groups (broad SMARTS) is 1. The topological polar surface area (TPSA) is 79.7 Å². The Bertz CT molecular complexity index is 456. The van der Waals surface area contributed by atoms with E-state index in [-0.39, 0.29) is 19.8 Å². The number of aromatic nitrogens is 1. The molecule has 0 aromatic carbocycles. The molecule has 1 amide bonds. The Kier molecular flexibility index (Phi) is 3.29. The maximum atomic E-state index is 12.1. The Morgan fingerprint density at radius 1 is 1.50 bits per heavy atom. The molecular weight excluding hydrogens is 236 g/mol. The second-order valence-corrected chi connectivity index (χ2v) is 4.36. The Morgan fingerprint density at radius 3 is 2.67 bits per heavy atom. The van der Waals surface area contributed by atoms with Crippen molar-refractivity contribution in [1.82, 2.24) is 9.88 Å². The summed E-state index contributed by atoms with van der Waals surface area (Å²) < 4.78 is 4.88. The molecule has 1 N–H and O–H groups in total. The van der Waals surface area contributed by atoms with E-state index in [9.17, 15) is 9.59 Å². The van der Waals surface area contributed by atoms with Crippen molar-refractivity contribution >= 4 is 11.9 Å². The van der Waals surface area contributed by atoms with Crippen LogP contribution >= 0.6 is 0 Å². The molecule has 0 aliphatic carbocycles. The minimum Gasteiger partial charge on any atom is -0.480 e. The number of ether oxygens (including phenoxy) is 1. The smallest absolute Gasteiger partial charge is 0.324 e. The normalized spacial score (nSPS) is 16.7. The summed E-state index contributed by atoms with van der Waals surface area (Å²) in [6, 6.07) is 5.39. The molecule has 6 nitrogen and oxygen atoms in total. The molecule has 96 valence electrons. The van der Waals surface area contributed by atoms with Crippen LogP contribution in [-0.2, 0) is 20.9 Å². The fraction of sp³-hybridized carbons (Fsp3) is 0.417. The number of hydrogen-bond acceptors (Lipinski definition) is 4. The molecule has 6 heteroatoms. The van der Waals surface area contributed by atoms with Crippen LogP contribution in [0, 0.1) is 5.41 Å². The number of pyridine rings is 1. The van der Waals surface area contributed by atoms with Gasteiger partial charge in [-0.05, 0) is 12.1 Å². The molecule has 1 fully saturated rings. The summed E-state index contributed by atoms with van der Waals surface area (Å²) >= 11 is 0. The fourth-order valence-electron chi connectivity index (χ4n) is 1.82. The number of nitrogens with zero attached hydrogens (tertiary/aromatic N) is 2. The lowest BCUT2D eigenvalue weighted by Gasteiger charge is -2.38. The van der Waals surface area contributed by atoms with Gasteiger partial charge in [0.2, 0.25) is 5.91 Å². The lowest BCUT2D eigenvalue weighted by atomic mass is 9.84. The molecule has 1 aliphatic heterocycles. The van der Waals surface area contributed by atoms with Gasteiger partial charge >= 0.3 is 5.97 Å². The van der Waals surface area contributed by atoms with Crippen LogP contribution in [0.3, 0.4) is 0 Å². The lowest BCUT2D eigenvalue weighted by Crippen LogP contribution is -2.59. The third-order valence-corrected chi connectivity index (χ3v) is 2.99. The molecule has 0 unspecified atom stereocenters. The molecule has 0 saturated carbocycles. The maximum absolute atomic E-state index is 12.1. The van der Waals surface area contributed by atoms with Gasteiger partial charge in [0.25, 0.3) is 0 Å². The lowest BCUT2D eigenvalue weighted by molar-refractivity contribution is -0.190. The van der Waals surface area contributed by atoms with Gasteiger partial charge in [0.1, 0.15) is 0 Å². The van der Waals surface area contributed by atoms with Crippen molar-refractivity contribution in [3.8, 4) is 0 Å². The van der Waals surface area contributed by atoms with E-state index >= 15 is 0 Å². The molecule has 2 rings (SSSR count). The minimum atomic E-state index is -1.41. The summed E-state index contributed by atoms with van der Waals surface area (Å²) in [4.78, 5) is 28.8. The monoisotopic (exact) mass is 250 g/mol. The SMILES string of the molecule is CN(Cc1ccccn1)C(=O)C1(C(=O)O)COC1. The average molecular weight is 250 g/mol. The second-order valence-electron chi connectivity index (χ2n) is 4.36. The quantitative estimate of drug-likeness (QED) is 0.769. The highest BCUT2D eigenvalue weighted by Crippen LogP contribution is 2.30. The van der Waals surface area contributed by atoms with Gasteiger partial charge in [-0.2, -0.15) is 0 Å². The number of carbonyl (C=O) groups is 2. The molecular formula is C12H14N2O4. The number of carbonyl (C=O) groups excluding carboxylic acids is 1. The van der Waals surface area contributed by atoms with Crippen molar-refractivity contribution in [1.29, 1.82) is 0 Å². The van der Waals surface area contributed by atoms with E-state index in [1.165, 1.54) is 4.90 Å². The summed E-state index contributed by atoms with van der Waals surface area (Å²) in [5.41, 5.74) is -0.696. The van der Waals surface area contributed by atoms with Gasteiger partial charge < -0.3 is 14.7 Å². The number of hydrogen-bond donors (Lipinski definition) is 1. The predicted molar refractivity (Wildman–Crippen MR) is 61.6 cm³/mol.